The summed E-state index contributed by atoms with van der Waals surface area (Å²) in [4.78, 5) is 4.46. The summed E-state index contributed by atoms with van der Waals surface area (Å²) in [6, 6.07) is 13.5. The first-order valence-electron chi connectivity index (χ1n) is 6.97. The van der Waals surface area contributed by atoms with Gasteiger partial charge in [-0.05, 0) is 44.5 Å². The van der Waals surface area contributed by atoms with Crippen molar-refractivity contribution in [3.8, 4) is 11.6 Å². The van der Waals surface area contributed by atoms with Gasteiger partial charge in [-0.25, -0.2) is 0 Å². The van der Waals surface area contributed by atoms with Gasteiger partial charge in [0.1, 0.15) is 11.6 Å². The molecule has 0 spiro atoms. The Hall–Kier alpha value is -2.07. The van der Waals surface area contributed by atoms with Crippen LogP contribution in [0.2, 0.25) is 0 Å². The van der Waals surface area contributed by atoms with Crippen LogP contribution >= 0.6 is 0 Å². The van der Waals surface area contributed by atoms with E-state index >= 15 is 0 Å². The van der Waals surface area contributed by atoms with Crippen LogP contribution in [-0.4, -0.2) is 17.6 Å². The molecule has 4 nitrogen and oxygen atoms in total. The number of methoxy groups -OCH3 is 1. The van der Waals surface area contributed by atoms with Crippen LogP contribution in [0.5, 0.6) is 11.6 Å². The number of nitrogens with one attached hydrogen (secondary N) is 1. The molecule has 0 aliphatic carbocycles. The van der Waals surface area contributed by atoms with Crippen LogP contribution in [0.4, 0.5) is 5.82 Å². The average Bonchev–Trinajstić information content (AvgIpc) is 2.38. The van der Waals surface area contributed by atoms with Gasteiger partial charge in [-0.15, -0.1) is 0 Å². The number of pyridine rings is 1. The second-order valence-electron chi connectivity index (χ2n) is 5.92. The van der Waals surface area contributed by atoms with Gasteiger partial charge in [-0.2, -0.15) is 4.98 Å². The maximum absolute atomic E-state index is 5.81. The Morgan fingerprint density at radius 3 is 2.57 bits per heavy atom. The summed E-state index contributed by atoms with van der Waals surface area (Å²) in [6.45, 7) is 6.85. The molecular formula is C17H22N2O2. The quantitative estimate of drug-likeness (QED) is 0.893. The maximum Gasteiger partial charge on any atom is 0.221 e. The van der Waals surface area contributed by atoms with E-state index in [0.29, 0.717) is 12.5 Å². The van der Waals surface area contributed by atoms with Crippen molar-refractivity contribution >= 4 is 5.82 Å². The predicted molar refractivity (Wildman–Crippen MR) is 84.8 cm³/mol. The van der Waals surface area contributed by atoms with Crippen molar-refractivity contribution in [1.29, 1.82) is 0 Å². The Morgan fingerprint density at radius 2 is 1.86 bits per heavy atom. The summed E-state index contributed by atoms with van der Waals surface area (Å²) in [6.07, 6.45) is 0. The normalized spacial score (nSPS) is 11.2. The van der Waals surface area contributed by atoms with Crippen molar-refractivity contribution in [3.63, 3.8) is 0 Å². The van der Waals surface area contributed by atoms with Crippen LogP contribution in [0.1, 0.15) is 26.3 Å². The van der Waals surface area contributed by atoms with Crippen molar-refractivity contribution in [3.05, 3.63) is 48.0 Å². The standard InChI is InChI=1S/C17H22N2O2/c1-17(2,3)19-15-9-6-10-16(18-15)21-14-8-5-7-13(11-14)12-20-4/h5-11H,12H2,1-4H3,(H,18,19). The molecule has 2 rings (SSSR count). The van der Waals surface area contributed by atoms with Crippen molar-refractivity contribution < 1.29 is 9.47 Å². The van der Waals surface area contributed by atoms with E-state index in [1.807, 2.05) is 42.5 Å². The van der Waals surface area contributed by atoms with Crippen molar-refractivity contribution in [2.24, 2.45) is 0 Å². The number of nitrogens with zero attached hydrogens (tertiary/aromatic N) is 1. The molecule has 0 fully saturated rings. The van der Waals surface area contributed by atoms with Gasteiger partial charge >= 0.3 is 0 Å². The highest BCUT2D eigenvalue weighted by molar-refractivity contribution is 5.40. The zero-order valence-electron chi connectivity index (χ0n) is 13.0. The number of hydrogen-bond acceptors (Lipinski definition) is 4. The number of benzene rings is 1. The summed E-state index contributed by atoms with van der Waals surface area (Å²) in [5, 5.41) is 3.33. The van der Waals surface area contributed by atoms with Crippen LogP contribution in [0, 0.1) is 0 Å². The van der Waals surface area contributed by atoms with Crippen LogP contribution in [-0.2, 0) is 11.3 Å². The van der Waals surface area contributed by atoms with Gasteiger partial charge in [0.05, 0.1) is 6.61 Å². The molecule has 1 aromatic heterocycles. The molecule has 1 N–H and O–H groups in total. The minimum absolute atomic E-state index is 0.0377. The fourth-order valence-corrected chi connectivity index (χ4v) is 1.91. The van der Waals surface area contributed by atoms with E-state index in [9.17, 15) is 0 Å². The number of rotatable bonds is 5. The zero-order chi connectivity index (χ0) is 15.3. The van der Waals surface area contributed by atoms with E-state index in [2.05, 4.69) is 31.1 Å². The SMILES string of the molecule is COCc1cccc(Oc2cccc(NC(C)(C)C)n2)c1. The lowest BCUT2D eigenvalue weighted by Gasteiger charge is -2.21. The second kappa shape index (κ2) is 6.59. The molecule has 0 amide bonds. The first-order valence-corrected chi connectivity index (χ1v) is 6.97. The monoisotopic (exact) mass is 286 g/mol. The molecule has 112 valence electrons. The molecule has 0 saturated heterocycles. The van der Waals surface area contributed by atoms with Gasteiger partial charge < -0.3 is 14.8 Å². The molecular weight excluding hydrogens is 264 g/mol. The minimum atomic E-state index is -0.0377. The predicted octanol–water partition coefficient (Wildman–Crippen LogP) is 4.23. The van der Waals surface area contributed by atoms with Crippen LogP contribution in [0.25, 0.3) is 0 Å². The maximum atomic E-state index is 5.81. The van der Waals surface area contributed by atoms with E-state index in [1.54, 1.807) is 7.11 Å². The van der Waals surface area contributed by atoms with Gasteiger partial charge in [-0.1, -0.05) is 18.2 Å². The van der Waals surface area contributed by atoms with Gasteiger partial charge in [-0.3, -0.25) is 0 Å². The summed E-state index contributed by atoms with van der Waals surface area (Å²) < 4.78 is 10.9. The Morgan fingerprint density at radius 1 is 1.10 bits per heavy atom. The highest BCUT2D eigenvalue weighted by atomic mass is 16.5. The smallest absolute Gasteiger partial charge is 0.221 e. The number of ether oxygens (including phenoxy) is 2. The molecule has 1 aromatic carbocycles. The van der Waals surface area contributed by atoms with Crippen LogP contribution in [0.3, 0.4) is 0 Å². The van der Waals surface area contributed by atoms with Gasteiger partial charge in [0.25, 0.3) is 0 Å². The lowest BCUT2D eigenvalue weighted by atomic mass is 10.1. The fraction of sp³-hybridized carbons (Fsp3) is 0.353. The van der Waals surface area contributed by atoms with Gasteiger partial charge in [0, 0.05) is 18.7 Å². The molecule has 21 heavy (non-hydrogen) atoms. The number of anilines is 1. The van der Waals surface area contributed by atoms with Crippen molar-refractivity contribution in [2.75, 3.05) is 12.4 Å². The Kier molecular flexibility index (Phi) is 4.81. The van der Waals surface area contributed by atoms with Crippen LogP contribution in [0.15, 0.2) is 42.5 Å². The second-order valence-corrected chi connectivity index (χ2v) is 5.92. The van der Waals surface area contributed by atoms with E-state index in [1.165, 1.54) is 0 Å². The fourth-order valence-electron chi connectivity index (χ4n) is 1.91. The molecule has 2 aromatic rings. The van der Waals surface area contributed by atoms with Gasteiger partial charge in [0.2, 0.25) is 5.88 Å². The molecule has 0 saturated carbocycles. The average molecular weight is 286 g/mol. The summed E-state index contributed by atoms with van der Waals surface area (Å²) in [5.74, 6) is 2.12. The van der Waals surface area contributed by atoms with E-state index in [4.69, 9.17) is 9.47 Å². The zero-order valence-corrected chi connectivity index (χ0v) is 13.0. The Labute approximate surface area is 126 Å². The Bertz CT molecular complexity index is 591. The third-order valence-corrected chi connectivity index (χ3v) is 2.66. The van der Waals surface area contributed by atoms with E-state index in [-0.39, 0.29) is 5.54 Å². The third-order valence-electron chi connectivity index (χ3n) is 2.66. The highest BCUT2D eigenvalue weighted by Crippen LogP contribution is 2.23. The summed E-state index contributed by atoms with van der Waals surface area (Å²) in [7, 11) is 1.68. The first-order chi connectivity index (χ1) is 9.96. The topological polar surface area (TPSA) is 43.4 Å². The molecule has 4 heteroatoms. The van der Waals surface area contributed by atoms with Crippen LogP contribution < -0.4 is 10.1 Å². The first kappa shape index (κ1) is 15.3. The van der Waals surface area contributed by atoms with E-state index in [0.717, 1.165) is 17.1 Å². The Balaban J connectivity index is 2.12. The molecule has 0 aliphatic heterocycles. The summed E-state index contributed by atoms with van der Waals surface area (Å²) >= 11 is 0. The molecule has 0 atom stereocenters. The molecule has 0 radical (unpaired) electrons. The van der Waals surface area contributed by atoms with E-state index < -0.39 is 0 Å². The summed E-state index contributed by atoms with van der Waals surface area (Å²) in [5.41, 5.74) is 1.03. The number of hydrogen-bond donors (Lipinski definition) is 1. The number of aromatic nitrogens is 1. The minimum Gasteiger partial charge on any atom is -0.439 e. The molecule has 0 unspecified atom stereocenters. The molecule has 0 aliphatic rings. The molecule has 1 heterocycles. The lowest BCUT2D eigenvalue weighted by Crippen LogP contribution is -2.26. The largest absolute Gasteiger partial charge is 0.439 e. The molecule has 0 bridgehead atoms. The van der Waals surface area contributed by atoms with Gasteiger partial charge in [0.15, 0.2) is 0 Å². The third kappa shape index (κ3) is 5.08. The van der Waals surface area contributed by atoms with Crippen molar-refractivity contribution in [1.82, 2.24) is 4.98 Å². The lowest BCUT2D eigenvalue weighted by molar-refractivity contribution is 0.184. The van der Waals surface area contributed by atoms with Crippen molar-refractivity contribution in [2.45, 2.75) is 32.9 Å². The highest BCUT2D eigenvalue weighted by Gasteiger charge is 2.10.